The molecule has 5 N–H and O–H groups in total. The number of aliphatic hydroxyl groups is 1. The number of carbonyl (C=O) groups excluding carboxylic acids is 2. The molecule has 0 aliphatic carbocycles. The largest absolute Gasteiger partial charge is 0.396 e. The van der Waals surface area contributed by atoms with E-state index in [2.05, 4.69) is 10.6 Å². The Morgan fingerprint density at radius 3 is 2.35 bits per heavy atom. The molecule has 0 rings (SSSR count). The van der Waals surface area contributed by atoms with E-state index >= 15 is 0 Å². The lowest BCUT2D eigenvalue weighted by atomic mass is 10.1. The molecule has 0 radical (unpaired) electrons. The molecule has 2 amide bonds. The molecule has 0 heterocycles. The lowest BCUT2D eigenvalue weighted by molar-refractivity contribution is -0.127. The summed E-state index contributed by atoms with van der Waals surface area (Å²) in [7, 11) is 0. The van der Waals surface area contributed by atoms with Crippen molar-refractivity contribution < 1.29 is 14.7 Å². The Balaban J connectivity index is 3.88. The fourth-order valence-electron chi connectivity index (χ4n) is 1.18. The van der Waals surface area contributed by atoms with Crippen molar-refractivity contribution in [3.05, 3.63) is 0 Å². The van der Waals surface area contributed by atoms with Crippen LogP contribution in [0.15, 0.2) is 0 Å². The van der Waals surface area contributed by atoms with Crippen molar-refractivity contribution in [2.45, 2.75) is 39.3 Å². The third-order valence-electron chi connectivity index (χ3n) is 2.41. The normalized spacial score (nSPS) is 14.2. The summed E-state index contributed by atoms with van der Waals surface area (Å²) in [4.78, 5) is 22.8. The van der Waals surface area contributed by atoms with Crippen molar-refractivity contribution in [3.8, 4) is 0 Å². The van der Waals surface area contributed by atoms with E-state index in [4.69, 9.17) is 10.8 Å². The molecular formula is C11H23N3O3. The van der Waals surface area contributed by atoms with Gasteiger partial charge in [-0.2, -0.15) is 0 Å². The lowest BCUT2D eigenvalue weighted by Crippen LogP contribution is -2.48. The monoisotopic (exact) mass is 245 g/mol. The second-order valence-corrected chi connectivity index (χ2v) is 4.47. The second kappa shape index (κ2) is 8.03. The first-order chi connectivity index (χ1) is 7.88. The number of nitrogens with two attached hydrogens (primary N) is 1. The van der Waals surface area contributed by atoms with Gasteiger partial charge < -0.3 is 21.5 Å². The zero-order valence-corrected chi connectivity index (χ0v) is 10.7. The van der Waals surface area contributed by atoms with Crippen LogP contribution in [0, 0.1) is 5.92 Å². The Morgan fingerprint density at radius 2 is 1.88 bits per heavy atom. The van der Waals surface area contributed by atoms with Crippen LogP contribution in [0.5, 0.6) is 0 Å². The van der Waals surface area contributed by atoms with Crippen LogP contribution < -0.4 is 16.4 Å². The summed E-state index contributed by atoms with van der Waals surface area (Å²) < 4.78 is 0. The van der Waals surface area contributed by atoms with E-state index in [0.717, 1.165) is 0 Å². The second-order valence-electron chi connectivity index (χ2n) is 4.47. The van der Waals surface area contributed by atoms with Gasteiger partial charge >= 0.3 is 0 Å². The van der Waals surface area contributed by atoms with E-state index in [9.17, 15) is 9.59 Å². The highest BCUT2D eigenvalue weighted by molar-refractivity contribution is 5.87. The quantitative estimate of drug-likeness (QED) is 0.460. The van der Waals surface area contributed by atoms with Crippen LogP contribution in [-0.4, -0.2) is 42.2 Å². The van der Waals surface area contributed by atoms with Gasteiger partial charge in [-0.05, 0) is 19.3 Å². The number of rotatable bonds is 7. The predicted octanol–water partition coefficient (Wildman–Crippen LogP) is -1.03. The van der Waals surface area contributed by atoms with Crippen molar-refractivity contribution in [1.82, 2.24) is 10.6 Å². The van der Waals surface area contributed by atoms with E-state index in [0.29, 0.717) is 6.42 Å². The first-order valence-electron chi connectivity index (χ1n) is 5.82. The van der Waals surface area contributed by atoms with Crippen molar-refractivity contribution in [3.63, 3.8) is 0 Å². The van der Waals surface area contributed by atoms with E-state index in [-0.39, 0.29) is 36.9 Å². The minimum atomic E-state index is -0.599. The highest BCUT2D eigenvalue weighted by Gasteiger charge is 2.17. The number of hydrogen-bond donors (Lipinski definition) is 4. The molecule has 0 spiro atoms. The first kappa shape index (κ1) is 15.9. The lowest BCUT2D eigenvalue weighted by Gasteiger charge is -2.16. The molecule has 0 saturated heterocycles. The third-order valence-corrected chi connectivity index (χ3v) is 2.41. The number of nitrogens with one attached hydrogen (secondary N) is 2. The Labute approximate surface area is 102 Å². The standard InChI is InChI=1S/C11H23N3O3/c1-7(2)10(12)11(17)13-6-9(16)14-8(3)4-5-15/h7-8,10,15H,4-6,12H2,1-3H3,(H,13,17)(H,14,16)/t8?,10-/m0/s1. The zero-order chi connectivity index (χ0) is 13.4. The number of carbonyl (C=O) groups is 2. The van der Waals surface area contributed by atoms with Gasteiger partial charge in [0.1, 0.15) is 0 Å². The van der Waals surface area contributed by atoms with Crippen molar-refractivity contribution >= 4 is 11.8 Å². The maximum absolute atomic E-state index is 11.4. The van der Waals surface area contributed by atoms with Crippen LogP contribution in [0.3, 0.4) is 0 Å². The molecule has 0 aliphatic heterocycles. The van der Waals surface area contributed by atoms with Gasteiger partial charge in [-0.1, -0.05) is 13.8 Å². The molecule has 0 aliphatic rings. The molecule has 0 bridgehead atoms. The summed E-state index contributed by atoms with van der Waals surface area (Å²) in [6.07, 6.45) is 0.491. The van der Waals surface area contributed by atoms with Crippen LogP contribution in [0.4, 0.5) is 0 Å². The Bertz CT molecular complexity index is 256. The number of hydrogen-bond acceptors (Lipinski definition) is 4. The van der Waals surface area contributed by atoms with Crippen LogP contribution >= 0.6 is 0 Å². The molecule has 0 fully saturated rings. The van der Waals surface area contributed by atoms with E-state index in [1.807, 2.05) is 13.8 Å². The molecule has 2 atom stereocenters. The summed E-state index contributed by atoms with van der Waals surface area (Å²) in [6, 6.07) is -0.708. The average molecular weight is 245 g/mol. The topological polar surface area (TPSA) is 104 Å². The molecule has 0 aromatic carbocycles. The van der Waals surface area contributed by atoms with E-state index in [1.54, 1.807) is 6.92 Å². The Morgan fingerprint density at radius 1 is 1.29 bits per heavy atom. The number of amides is 2. The summed E-state index contributed by atoms with van der Waals surface area (Å²) in [5.74, 6) is -0.577. The van der Waals surface area contributed by atoms with Crippen LogP contribution in [-0.2, 0) is 9.59 Å². The highest BCUT2D eigenvalue weighted by Crippen LogP contribution is 1.97. The van der Waals surface area contributed by atoms with Crippen molar-refractivity contribution in [2.75, 3.05) is 13.2 Å². The van der Waals surface area contributed by atoms with Gasteiger partial charge in [0.15, 0.2) is 0 Å². The maximum atomic E-state index is 11.4. The SMILES string of the molecule is CC(CCO)NC(=O)CNC(=O)[C@@H](N)C(C)C. The zero-order valence-electron chi connectivity index (χ0n) is 10.7. The molecule has 100 valence electrons. The fourth-order valence-corrected chi connectivity index (χ4v) is 1.18. The summed E-state index contributed by atoms with van der Waals surface area (Å²) in [5.41, 5.74) is 5.62. The molecule has 0 aromatic rings. The van der Waals surface area contributed by atoms with Gasteiger partial charge in [-0.3, -0.25) is 9.59 Å². The molecule has 0 saturated carbocycles. The van der Waals surface area contributed by atoms with Crippen LogP contribution in [0.2, 0.25) is 0 Å². The minimum absolute atomic E-state index is 0.0199. The van der Waals surface area contributed by atoms with E-state index in [1.165, 1.54) is 0 Å². The Hall–Kier alpha value is -1.14. The van der Waals surface area contributed by atoms with Gasteiger partial charge in [0, 0.05) is 12.6 Å². The fraction of sp³-hybridized carbons (Fsp3) is 0.818. The summed E-state index contributed by atoms with van der Waals surface area (Å²) in [5, 5.41) is 13.8. The first-order valence-corrected chi connectivity index (χ1v) is 5.82. The predicted molar refractivity (Wildman–Crippen MR) is 65.1 cm³/mol. The maximum Gasteiger partial charge on any atom is 0.239 e. The summed E-state index contributed by atoms with van der Waals surface area (Å²) >= 11 is 0. The van der Waals surface area contributed by atoms with Gasteiger partial charge in [-0.15, -0.1) is 0 Å². The number of aliphatic hydroxyl groups excluding tert-OH is 1. The molecular weight excluding hydrogens is 222 g/mol. The summed E-state index contributed by atoms with van der Waals surface area (Å²) in [6.45, 7) is 5.40. The van der Waals surface area contributed by atoms with Crippen molar-refractivity contribution in [2.24, 2.45) is 11.7 Å². The van der Waals surface area contributed by atoms with Gasteiger partial charge in [0.05, 0.1) is 12.6 Å². The Kier molecular flexibility index (Phi) is 7.49. The van der Waals surface area contributed by atoms with Crippen LogP contribution in [0.1, 0.15) is 27.2 Å². The van der Waals surface area contributed by atoms with Crippen molar-refractivity contribution in [1.29, 1.82) is 0 Å². The minimum Gasteiger partial charge on any atom is -0.396 e. The van der Waals surface area contributed by atoms with Gasteiger partial charge in [-0.25, -0.2) is 0 Å². The molecule has 1 unspecified atom stereocenters. The third kappa shape index (κ3) is 6.91. The molecule has 17 heavy (non-hydrogen) atoms. The van der Waals surface area contributed by atoms with E-state index < -0.39 is 6.04 Å². The molecule has 6 heteroatoms. The van der Waals surface area contributed by atoms with Gasteiger partial charge in [0.25, 0.3) is 0 Å². The average Bonchev–Trinajstić information content (AvgIpc) is 2.24. The van der Waals surface area contributed by atoms with Gasteiger partial charge in [0.2, 0.25) is 11.8 Å². The highest BCUT2D eigenvalue weighted by atomic mass is 16.3. The molecule has 0 aromatic heterocycles. The molecule has 6 nitrogen and oxygen atoms in total. The van der Waals surface area contributed by atoms with Crippen LogP contribution in [0.25, 0.3) is 0 Å². The smallest absolute Gasteiger partial charge is 0.239 e.